The summed E-state index contributed by atoms with van der Waals surface area (Å²) in [5, 5.41) is 0.811. The third-order valence-electron chi connectivity index (χ3n) is 2.19. The predicted octanol–water partition coefficient (Wildman–Crippen LogP) is 3.09. The van der Waals surface area contributed by atoms with Crippen LogP contribution in [-0.2, 0) is 6.42 Å². The Kier molecular flexibility index (Phi) is 4.18. The molecular formula is C12H16ClN. The Morgan fingerprint density at radius 1 is 1.57 bits per heavy atom. The molecule has 1 rings (SSSR count). The summed E-state index contributed by atoms with van der Waals surface area (Å²) in [7, 11) is 0. The smallest absolute Gasteiger partial charge is 0.0435 e. The fraction of sp³-hybridized carbons (Fsp3) is 0.333. The van der Waals surface area contributed by atoms with Crippen molar-refractivity contribution in [1.82, 2.24) is 0 Å². The second kappa shape index (κ2) is 5.18. The van der Waals surface area contributed by atoms with Crippen LogP contribution < -0.4 is 5.73 Å². The summed E-state index contributed by atoms with van der Waals surface area (Å²) in [4.78, 5) is 0. The van der Waals surface area contributed by atoms with Gasteiger partial charge in [-0.1, -0.05) is 29.8 Å². The van der Waals surface area contributed by atoms with Crippen LogP contribution in [0.25, 0.3) is 0 Å². The summed E-state index contributed by atoms with van der Waals surface area (Å²) in [6.45, 7) is 5.68. The van der Waals surface area contributed by atoms with E-state index >= 15 is 0 Å². The number of halogens is 1. The van der Waals surface area contributed by atoms with Crippen LogP contribution in [0.1, 0.15) is 17.5 Å². The summed E-state index contributed by atoms with van der Waals surface area (Å²) in [6, 6.07) is 6.20. The van der Waals surface area contributed by atoms with Crippen LogP contribution in [0.4, 0.5) is 0 Å². The fourth-order valence-corrected chi connectivity index (χ4v) is 1.55. The first-order valence-electron chi connectivity index (χ1n) is 4.75. The number of rotatable bonds is 4. The van der Waals surface area contributed by atoms with Crippen molar-refractivity contribution in [3.05, 3.63) is 47.0 Å². The van der Waals surface area contributed by atoms with Crippen molar-refractivity contribution < 1.29 is 0 Å². The van der Waals surface area contributed by atoms with Crippen molar-refractivity contribution >= 4 is 11.6 Å². The molecule has 0 radical (unpaired) electrons. The van der Waals surface area contributed by atoms with Gasteiger partial charge in [-0.15, -0.1) is 6.58 Å². The summed E-state index contributed by atoms with van der Waals surface area (Å²) in [5.41, 5.74) is 8.24. The van der Waals surface area contributed by atoms with Crippen molar-refractivity contribution in [1.29, 1.82) is 0 Å². The molecule has 76 valence electrons. The van der Waals surface area contributed by atoms with Gasteiger partial charge < -0.3 is 5.73 Å². The van der Waals surface area contributed by atoms with Gasteiger partial charge in [-0.2, -0.15) is 0 Å². The average Bonchev–Trinajstić information content (AvgIpc) is 2.12. The summed E-state index contributed by atoms with van der Waals surface area (Å²) < 4.78 is 0. The Balaban J connectivity index is 2.67. The zero-order valence-electron chi connectivity index (χ0n) is 8.46. The average molecular weight is 210 g/mol. The Labute approximate surface area is 90.6 Å². The summed E-state index contributed by atoms with van der Waals surface area (Å²) in [6.07, 6.45) is 3.58. The van der Waals surface area contributed by atoms with Gasteiger partial charge in [-0.3, -0.25) is 0 Å². The van der Waals surface area contributed by atoms with Gasteiger partial charge in [-0.25, -0.2) is 0 Å². The van der Waals surface area contributed by atoms with Crippen molar-refractivity contribution in [2.24, 2.45) is 5.73 Å². The molecule has 0 amide bonds. The molecule has 0 saturated carbocycles. The second-order valence-corrected chi connectivity index (χ2v) is 3.98. The van der Waals surface area contributed by atoms with Gasteiger partial charge in [-0.05, 0) is 37.0 Å². The first kappa shape index (κ1) is 11.3. The molecule has 1 aromatic carbocycles. The molecule has 1 atom stereocenters. The molecule has 2 N–H and O–H groups in total. The van der Waals surface area contributed by atoms with E-state index in [1.807, 2.05) is 25.1 Å². The lowest BCUT2D eigenvalue weighted by atomic mass is 10.0. The Morgan fingerprint density at radius 2 is 2.29 bits per heavy atom. The molecule has 0 aliphatic rings. The van der Waals surface area contributed by atoms with Gasteiger partial charge in [0.05, 0.1) is 0 Å². The molecule has 1 unspecified atom stereocenters. The maximum atomic E-state index is 5.93. The van der Waals surface area contributed by atoms with Crippen LogP contribution in [0.5, 0.6) is 0 Å². The predicted molar refractivity (Wildman–Crippen MR) is 62.7 cm³/mol. The molecule has 0 heterocycles. The highest BCUT2D eigenvalue weighted by Gasteiger charge is 2.03. The van der Waals surface area contributed by atoms with E-state index in [0.29, 0.717) is 0 Å². The quantitative estimate of drug-likeness (QED) is 0.758. The van der Waals surface area contributed by atoms with Crippen molar-refractivity contribution in [3.63, 3.8) is 0 Å². The lowest BCUT2D eigenvalue weighted by molar-refractivity contribution is 0.679. The molecule has 1 nitrogen and oxygen atoms in total. The lowest BCUT2D eigenvalue weighted by Gasteiger charge is -2.09. The second-order valence-electron chi connectivity index (χ2n) is 3.57. The minimum atomic E-state index is 0.160. The highest BCUT2D eigenvalue weighted by molar-refractivity contribution is 6.31. The number of aryl methyl sites for hydroxylation is 1. The largest absolute Gasteiger partial charge is 0.327 e. The van der Waals surface area contributed by atoms with E-state index in [9.17, 15) is 0 Å². The number of hydrogen-bond donors (Lipinski definition) is 1. The van der Waals surface area contributed by atoms with E-state index < -0.39 is 0 Å². The van der Waals surface area contributed by atoms with Crippen molar-refractivity contribution in [2.75, 3.05) is 0 Å². The maximum Gasteiger partial charge on any atom is 0.0435 e. The van der Waals surface area contributed by atoms with Gasteiger partial charge in [0, 0.05) is 11.1 Å². The van der Waals surface area contributed by atoms with Gasteiger partial charge in [0.1, 0.15) is 0 Å². The van der Waals surface area contributed by atoms with Crippen molar-refractivity contribution in [2.45, 2.75) is 25.8 Å². The Morgan fingerprint density at radius 3 is 2.86 bits per heavy atom. The molecule has 0 spiro atoms. The van der Waals surface area contributed by atoms with E-state index in [-0.39, 0.29) is 6.04 Å². The van der Waals surface area contributed by atoms with Gasteiger partial charge >= 0.3 is 0 Å². The van der Waals surface area contributed by atoms with Crippen LogP contribution in [0.15, 0.2) is 30.9 Å². The molecule has 1 aromatic rings. The Bertz CT molecular complexity index is 320. The molecule has 0 saturated heterocycles. The van der Waals surface area contributed by atoms with Crippen LogP contribution in [0.2, 0.25) is 5.02 Å². The normalized spacial score (nSPS) is 12.5. The van der Waals surface area contributed by atoms with Crippen LogP contribution in [-0.4, -0.2) is 6.04 Å². The molecule has 0 bridgehead atoms. The SMILES string of the molecule is C=CCC(N)Cc1ccc(Cl)c(C)c1. The van der Waals surface area contributed by atoms with Crippen LogP contribution >= 0.6 is 11.6 Å². The van der Waals surface area contributed by atoms with Crippen molar-refractivity contribution in [3.8, 4) is 0 Å². The first-order chi connectivity index (χ1) is 6.63. The summed E-state index contributed by atoms with van der Waals surface area (Å²) >= 11 is 5.93. The number of nitrogens with two attached hydrogens (primary N) is 1. The molecule has 2 heteroatoms. The van der Waals surface area contributed by atoms with E-state index in [4.69, 9.17) is 17.3 Å². The van der Waals surface area contributed by atoms with E-state index in [1.54, 1.807) is 0 Å². The molecular weight excluding hydrogens is 194 g/mol. The Hall–Kier alpha value is -0.790. The maximum absolute atomic E-state index is 5.93. The zero-order valence-corrected chi connectivity index (χ0v) is 9.22. The van der Waals surface area contributed by atoms with Gasteiger partial charge in [0.2, 0.25) is 0 Å². The van der Waals surface area contributed by atoms with E-state index in [0.717, 1.165) is 23.4 Å². The van der Waals surface area contributed by atoms with E-state index in [2.05, 4.69) is 12.6 Å². The highest BCUT2D eigenvalue weighted by atomic mass is 35.5. The van der Waals surface area contributed by atoms with Gasteiger partial charge in [0.15, 0.2) is 0 Å². The topological polar surface area (TPSA) is 26.0 Å². The third kappa shape index (κ3) is 3.17. The van der Waals surface area contributed by atoms with Crippen LogP contribution in [0.3, 0.4) is 0 Å². The molecule has 14 heavy (non-hydrogen) atoms. The standard InChI is InChI=1S/C12H16ClN/c1-3-4-11(14)8-10-5-6-12(13)9(2)7-10/h3,5-7,11H,1,4,8,14H2,2H3. The minimum Gasteiger partial charge on any atom is -0.327 e. The molecule has 0 aromatic heterocycles. The lowest BCUT2D eigenvalue weighted by Crippen LogP contribution is -2.21. The fourth-order valence-electron chi connectivity index (χ4n) is 1.43. The zero-order chi connectivity index (χ0) is 10.6. The summed E-state index contributed by atoms with van der Waals surface area (Å²) in [5.74, 6) is 0. The third-order valence-corrected chi connectivity index (χ3v) is 2.61. The minimum absolute atomic E-state index is 0.160. The molecule has 0 fully saturated rings. The number of hydrogen-bond acceptors (Lipinski definition) is 1. The van der Waals surface area contributed by atoms with E-state index in [1.165, 1.54) is 5.56 Å². The monoisotopic (exact) mass is 209 g/mol. The molecule has 0 aliphatic carbocycles. The molecule has 0 aliphatic heterocycles. The van der Waals surface area contributed by atoms with Crippen LogP contribution in [0, 0.1) is 6.92 Å². The first-order valence-corrected chi connectivity index (χ1v) is 5.12. The van der Waals surface area contributed by atoms with Gasteiger partial charge in [0.25, 0.3) is 0 Å². The number of benzene rings is 1. The highest BCUT2D eigenvalue weighted by Crippen LogP contribution is 2.17.